The highest BCUT2D eigenvalue weighted by molar-refractivity contribution is 4.81. The molecule has 1 unspecified atom stereocenters. The van der Waals surface area contributed by atoms with Crippen molar-refractivity contribution in [2.45, 2.75) is 38.3 Å². The summed E-state index contributed by atoms with van der Waals surface area (Å²) in [6.45, 7) is 3.97. The van der Waals surface area contributed by atoms with Crippen LogP contribution in [0, 0.1) is 5.92 Å². The molecule has 0 aromatic rings. The summed E-state index contributed by atoms with van der Waals surface area (Å²) in [6, 6.07) is 0.475. The van der Waals surface area contributed by atoms with Gasteiger partial charge in [-0.25, -0.2) is 0 Å². The third kappa shape index (κ3) is 3.63. The number of rotatable bonds is 6. The van der Waals surface area contributed by atoms with Crippen molar-refractivity contribution in [1.29, 1.82) is 0 Å². The molecule has 0 aliphatic heterocycles. The molecule has 2 N–H and O–H groups in total. The first-order valence-electron chi connectivity index (χ1n) is 5.16. The zero-order valence-corrected chi connectivity index (χ0v) is 8.62. The van der Waals surface area contributed by atoms with Crippen molar-refractivity contribution < 1.29 is 9.84 Å². The molecule has 13 heavy (non-hydrogen) atoms. The standard InChI is InChI=1S/C10H21NO2/c1-3-9(7-13-2)11-6-8-4-10(12)5-8/h8-12H,3-7H2,1-2H3. The predicted molar refractivity (Wildman–Crippen MR) is 52.7 cm³/mol. The van der Waals surface area contributed by atoms with Crippen LogP contribution in [0.5, 0.6) is 0 Å². The molecular formula is C10H21NO2. The van der Waals surface area contributed by atoms with E-state index in [4.69, 9.17) is 9.84 Å². The molecule has 0 radical (unpaired) electrons. The molecule has 1 aliphatic carbocycles. The molecule has 0 aromatic heterocycles. The second-order valence-electron chi connectivity index (χ2n) is 3.96. The van der Waals surface area contributed by atoms with Crippen LogP contribution in [0.1, 0.15) is 26.2 Å². The Bertz CT molecular complexity index is 135. The summed E-state index contributed by atoms with van der Waals surface area (Å²) in [7, 11) is 1.73. The average Bonchev–Trinajstić information content (AvgIpc) is 2.08. The first kappa shape index (κ1) is 11.0. The number of methoxy groups -OCH3 is 1. The van der Waals surface area contributed by atoms with Gasteiger partial charge in [-0.05, 0) is 31.7 Å². The quantitative estimate of drug-likeness (QED) is 0.645. The van der Waals surface area contributed by atoms with Crippen molar-refractivity contribution in [2.24, 2.45) is 5.92 Å². The summed E-state index contributed by atoms with van der Waals surface area (Å²) >= 11 is 0. The van der Waals surface area contributed by atoms with Crippen molar-refractivity contribution in [3.63, 3.8) is 0 Å². The lowest BCUT2D eigenvalue weighted by atomic mass is 9.82. The molecular weight excluding hydrogens is 166 g/mol. The molecule has 1 aliphatic rings. The van der Waals surface area contributed by atoms with Gasteiger partial charge in [0, 0.05) is 13.2 Å². The van der Waals surface area contributed by atoms with Gasteiger partial charge in [-0.2, -0.15) is 0 Å². The van der Waals surface area contributed by atoms with E-state index in [9.17, 15) is 0 Å². The highest BCUT2D eigenvalue weighted by Gasteiger charge is 2.26. The minimum atomic E-state index is -0.0331. The molecule has 0 spiro atoms. The van der Waals surface area contributed by atoms with E-state index < -0.39 is 0 Å². The van der Waals surface area contributed by atoms with Gasteiger partial charge in [-0.15, -0.1) is 0 Å². The van der Waals surface area contributed by atoms with Crippen LogP contribution in [-0.2, 0) is 4.74 Å². The summed E-state index contributed by atoms with van der Waals surface area (Å²) in [5.41, 5.74) is 0. The van der Waals surface area contributed by atoms with Crippen LogP contribution in [0.4, 0.5) is 0 Å². The molecule has 0 bridgehead atoms. The lowest BCUT2D eigenvalue weighted by molar-refractivity contribution is 0.0399. The first-order chi connectivity index (χ1) is 6.26. The molecule has 3 nitrogen and oxygen atoms in total. The van der Waals surface area contributed by atoms with Crippen LogP contribution in [0.3, 0.4) is 0 Å². The molecule has 1 fully saturated rings. The molecule has 0 aromatic carbocycles. The second kappa shape index (κ2) is 5.58. The van der Waals surface area contributed by atoms with Gasteiger partial charge in [-0.1, -0.05) is 6.92 Å². The molecule has 0 amide bonds. The Morgan fingerprint density at radius 1 is 1.54 bits per heavy atom. The van der Waals surface area contributed by atoms with Crippen LogP contribution < -0.4 is 5.32 Å². The summed E-state index contributed by atoms with van der Waals surface area (Å²) in [5, 5.41) is 12.5. The average molecular weight is 187 g/mol. The van der Waals surface area contributed by atoms with Crippen LogP contribution in [0.2, 0.25) is 0 Å². The minimum absolute atomic E-state index is 0.0331. The number of hydrogen-bond donors (Lipinski definition) is 2. The monoisotopic (exact) mass is 187 g/mol. The largest absolute Gasteiger partial charge is 0.393 e. The smallest absolute Gasteiger partial charge is 0.0615 e. The molecule has 1 atom stereocenters. The Balaban J connectivity index is 2.02. The van der Waals surface area contributed by atoms with E-state index in [1.807, 2.05) is 0 Å². The van der Waals surface area contributed by atoms with Gasteiger partial charge in [0.15, 0.2) is 0 Å². The van der Waals surface area contributed by atoms with Gasteiger partial charge in [-0.3, -0.25) is 0 Å². The fourth-order valence-electron chi connectivity index (χ4n) is 1.72. The van der Waals surface area contributed by atoms with Crippen molar-refractivity contribution in [3.8, 4) is 0 Å². The molecule has 78 valence electrons. The minimum Gasteiger partial charge on any atom is -0.393 e. The number of ether oxygens (including phenoxy) is 1. The van der Waals surface area contributed by atoms with Crippen LogP contribution in [0.25, 0.3) is 0 Å². The maximum absolute atomic E-state index is 9.09. The van der Waals surface area contributed by atoms with E-state index in [-0.39, 0.29) is 6.10 Å². The zero-order chi connectivity index (χ0) is 9.68. The number of nitrogens with one attached hydrogen (secondary N) is 1. The second-order valence-corrected chi connectivity index (χ2v) is 3.96. The van der Waals surface area contributed by atoms with Gasteiger partial charge in [0.2, 0.25) is 0 Å². The van der Waals surface area contributed by atoms with Crippen molar-refractivity contribution in [3.05, 3.63) is 0 Å². The molecule has 1 saturated carbocycles. The van der Waals surface area contributed by atoms with Crippen molar-refractivity contribution >= 4 is 0 Å². The lowest BCUT2D eigenvalue weighted by Crippen LogP contribution is -2.41. The Labute approximate surface area is 80.5 Å². The predicted octanol–water partition coefficient (Wildman–Crippen LogP) is 0.772. The van der Waals surface area contributed by atoms with E-state index in [2.05, 4.69) is 12.2 Å². The van der Waals surface area contributed by atoms with Crippen molar-refractivity contribution in [1.82, 2.24) is 5.32 Å². The van der Waals surface area contributed by atoms with Crippen LogP contribution in [-0.4, -0.2) is 37.5 Å². The number of hydrogen-bond acceptors (Lipinski definition) is 3. The molecule has 0 heterocycles. The van der Waals surface area contributed by atoms with E-state index in [1.54, 1.807) is 7.11 Å². The third-order valence-corrected chi connectivity index (χ3v) is 2.77. The summed E-state index contributed by atoms with van der Waals surface area (Å²) in [6.07, 6.45) is 3.00. The lowest BCUT2D eigenvalue weighted by Gasteiger charge is -2.32. The third-order valence-electron chi connectivity index (χ3n) is 2.77. The van der Waals surface area contributed by atoms with E-state index in [1.165, 1.54) is 0 Å². The van der Waals surface area contributed by atoms with E-state index >= 15 is 0 Å². The fourth-order valence-corrected chi connectivity index (χ4v) is 1.72. The van der Waals surface area contributed by atoms with Gasteiger partial charge in [0.25, 0.3) is 0 Å². The van der Waals surface area contributed by atoms with E-state index in [0.717, 1.165) is 32.4 Å². The highest BCUT2D eigenvalue weighted by atomic mass is 16.5. The SMILES string of the molecule is CCC(COC)NCC1CC(O)C1. The summed E-state index contributed by atoms with van der Waals surface area (Å²) < 4.78 is 5.09. The summed E-state index contributed by atoms with van der Waals surface area (Å²) in [5.74, 6) is 0.681. The normalized spacial score (nSPS) is 29.8. The maximum atomic E-state index is 9.09. The zero-order valence-electron chi connectivity index (χ0n) is 8.62. The van der Waals surface area contributed by atoms with Crippen molar-refractivity contribution in [2.75, 3.05) is 20.3 Å². The Morgan fingerprint density at radius 2 is 2.23 bits per heavy atom. The Kier molecular flexibility index (Phi) is 4.70. The van der Waals surface area contributed by atoms with E-state index in [0.29, 0.717) is 12.0 Å². The Morgan fingerprint density at radius 3 is 2.69 bits per heavy atom. The van der Waals surface area contributed by atoms with Crippen LogP contribution in [0.15, 0.2) is 0 Å². The summed E-state index contributed by atoms with van der Waals surface area (Å²) in [4.78, 5) is 0. The fraction of sp³-hybridized carbons (Fsp3) is 1.00. The first-order valence-corrected chi connectivity index (χ1v) is 5.16. The number of aliphatic hydroxyl groups is 1. The van der Waals surface area contributed by atoms with Crippen LogP contribution >= 0.6 is 0 Å². The Hall–Kier alpha value is -0.120. The highest BCUT2D eigenvalue weighted by Crippen LogP contribution is 2.26. The topological polar surface area (TPSA) is 41.5 Å². The van der Waals surface area contributed by atoms with Gasteiger partial charge in [0.1, 0.15) is 0 Å². The molecule has 3 heteroatoms. The van der Waals surface area contributed by atoms with Gasteiger partial charge >= 0.3 is 0 Å². The van der Waals surface area contributed by atoms with Gasteiger partial charge in [0.05, 0.1) is 12.7 Å². The van der Waals surface area contributed by atoms with Gasteiger partial charge < -0.3 is 15.2 Å². The molecule has 0 saturated heterocycles. The molecule has 1 rings (SSSR count). The number of aliphatic hydroxyl groups excluding tert-OH is 1. The maximum Gasteiger partial charge on any atom is 0.0615 e.